The van der Waals surface area contributed by atoms with Gasteiger partial charge in [-0.1, -0.05) is 32.6 Å². The van der Waals surface area contributed by atoms with Gasteiger partial charge < -0.3 is 10.2 Å². The maximum Gasteiger partial charge on any atom is 0.240 e. The van der Waals surface area contributed by atoms with Crippen molar-refractivity contribution in [2.45, 2.75) is 64.0 Å². The van der Waals surface area contributed by atoms with Crippen molar-refractivity contribution in [1.82, 2.24) is 26.0 Å². The van der Waals surface area contributed by atoms with Gasteiger partial charge in [0, 0.05) is 38.3 Å². The molecule has 7 nitrogen and oxygen atoms in total. The van der Waals surface area contributed by atoms with Crippen molar-refractivity contribution >= 4 is 11.8 Å². The molecule has 28 heavy (non-hydrogen) atoms. The van der Waals surface area contributed by atoms with Crippen LogP contribution in [0.4, 0.5) is 0 Å². The van der Waals surface area contributed by atoms with Gasteiger partial charge in [0.15, 0.2) is 0 Å². The number of hydrazine groups is 1. The lowest BCUT2D eigenvalue weighted by Crippen LogP contribution is -2.68. The van der Waals surface area contributed by atoms with Crippen LogP contribution in [0.3, 0.4) is 0 Å². The second-order valence-corrected chi connectivity index (χ2v) is 9.35. The summed E-state index contributed by atoms with van der Waals surface area (Å²) in [6.45, 7) is 7.08. The summed E-state index contributed by atoms with van der Waals surface area (Å²) in [6, 6.07) is 0.307. The Labute approximate surface area is 168 Å². The number of amides is 2. The largest absolute Gasteiger partial charge is 0.340 e. The Kier molecular flexibility index (Phi) is 6.53. The molecule has 0 aromatic heterocycles. The molecule has 0 aromatic rings. The molecule has 0 spiro atoms. The van der Waals surface area contributed by atoms with Crippen LogP contribution in [-0.4, -0.2) is 73.0 Å². The van der Waals surface area contributed by atoms with Gasteiger partial charge >= 0.3 is 0 Å². The van der Waals surface area contributed by atoms with Crippen LogP contribution in [0.5, 0.6) is 0 Å². The molecular formula is C21H37N5O2. The molecule has 0 bridgehead atoms. The number of carbonyl (C=O) groups excluding carboxylic acids is 2. The van der Waals surface area contributed by atoms with Gasteiger partial charge in [0.1, 0.15) is 0 Å². The molecule has 1 saturated carbocycles. The maximum absolute atomic E-state index is 12.9. The van der Waals surface area contributed by atoms with Crippen LogP contribution < -0.4 is 16.2 Å². The number of nitrogens with zero attached hydrogens (tertiary/aromatic N) is 2. The minimum absolute atomic E-state index is 0.0709. The van der Waals surface area contributed by atoms with Gasteiger partial charge in [-0.3, -0.25) is 19.9 Å². The van der Waals surface area contributed by atoms with E-state index in [4.69, 9.17) is 0 Å². The zero-order chi connectivity index (χ0) is 19.5. The summed E-state index contributed by atoms with van der Waals surface area (Å²) in [4.78, 5) is 29.9. The van der Waals surface area contributed by atoms with Crippen molar-refractivity contribution in [3.05, 3.63) is 0 Å². The SMILES string of the molecule is CC1CCCCC1CN1CCN(C2CNNC(=O)C2C2CCCCN2)CC1=O. The third-order valence-electron chi connectivity index (χ3n) is 7.58. The summed E-state index contributed by atoms with van der Waals surface area (Å²) in [5, 5.41) is 3.56. The van der Waals surface area contributed by atoms with Crippen LogP contribution in [0.15, 0.2) is 0 Å². The Morgan fingerprint density at radius 3 is 2.61 bits per heavy atom. The molecule has 1 aliphatic carbocycles. The van der Waals surface area contributed by atoms with Crippen molar-refractivity contribution in [3.63, 3.8) is 0 Å². The van der Waals surface area contributed by atoms with Gasteiger partial charge in [0.25, 0.3) is 0 Å². The van der Waals surface area contributed by atoms with E-state index in [-0.39, 0.29) is 29.8 Å². The maximum atomic E-state index is 12.9. The predicted molar refractivity (Wildman–Crippen MR) is 108 cm³/mol. The summed E-state index contributed by atoms with van der Waals surface area (Å²) in [5.74, 6) is 1.62. The monoisotopic (exact) mass is 391 g/mol. The number of carbonyl (C=O) groups is 2. The highest BCUT2D eigenvalue weighted by atomic mass is 16.2. The van der Waals surface area contributed by atoms with Crippen LogP contribution in [0, 0.1) is 17.8 Å². The van der Waals surface area contributed by atoms with Crippen LogP contribution in [0.1, 0.15) is 51.9 Å². The fourth-order valence-electron chi connectivity index (χ4n) is 5.77. The number of nitrogens with one attached hydrogen (secondary N) is 3. The molecule has 4 rings (SSSR count). The third-order valence-corrected chi connectivity index (χ3v) is 7.58. The number of hydrogen-bond donors (Lipinski definition) is 3. The molecule has 0 aromatic carbocycles. The van der Waals surface area contributed by atoms with Crippen molar-refractivity contribution < 1.29 is 9.59 Å². The van der Waals surface area contributed by atoms with E-state index in [2.05, 4.69) is 32.9 Å². The molecule has 7 heteroatoms. The van der Waals surface area contributed by atoms with Gasteiger partial charge in [0.2, 0.25) is 11.8 Å². The Morgan fingerprint density at radius 1 is 1.04 bits per heavy atom. The van der Waals surface area contributed by atoms with Crippen molar-refractivity contribution in [1.29, 1.82) is 0 Å². The first-order valence-electron chi connectivity index (χ1n) is 11.4. The molecular weight excluding hydrogens is 354 g/mol. The van der Waals surface area contributed by atoms with E-state index in [9.17, 15) is 9.59 Å². The second-order valence-electron chi connectivity index (χ2n) is 9.35. The molecule has 158 valence electrons. The van der Waals surface area contributed by atoms with Crippen LogP contribution >= 0.6 is 0 Å². The Balaban J connectivity index is 1.38. The highest BCUT2D eigenvalue weighted by molar-refractivity contribution is 5.81. The van der Waals surface area contributed by atoms with Gasteiger partial charge in [-0.05, 0) is 37.6 Å². The number of hydrogen-bond acceptors (Lipinski definition) is 5. The smallest absolute Gasteiger partial charge is 0.240 e. The van der Waals surface area contributed by atoms with E-state index in [1.807, 2.05) is 0 Å². The molecule has 3 heterocycles. The van der Waals surface area contributed by atoms with Crippen LogP contribution in [0.2, 0.25) is 0 Å². The lowest BCUT2D eigenvalue weighted by Gasteiger charge is -2.46. The van der Waals surface area contributed by atoms with E-state index < -0.39 is 0 Å². The van der Waals surface area contributed by atoms with Crippen LogP contribution in [-0.2, 0) is 9.59 Å². The van der Waals surface area contributed by atoms with E-state index in [1.165, 1.54) is 38.5 Å². The van der Waals surface area contributed by atoms with Gasteiger partial charge in [-0.25, -0.2) is 5.43 Å². The Morgan fingerprint density at radius 2 is 1.86 bits per heavy atom. The number of piperidine rings is 1. The molecule has 0 radical (unpaired) electrons. The number of rotatable bonds is 4. The first-order valence-corrected chi connectivity index (χ1v) is 11.4. The average Bonchev–Trinajstić information content (AvgIpc) is 2.71. The highest BCUT2D eigenvalue weighted by Crippen LogP contribution is 2.31. The quantitative estimate of drug-likeness (QED) is 0.658. The zero-order valence-corrected chi connectivity index (χ0v) is 17.3. The van der Waals surface area contributed by atoms with Crippen molar-refractivity contribution in [2.24, 2.45) is 17.8 Å². The zero-order valence-electron chi connectivity index (χ0n) is 17.3. The Hall–Kier alpha value is -1.18. The summed E-state index contributed by atoms with van der Waals surface area (Å²) in [6.07, 6.45) is 8.61. The van der Waals surface area contributed by atoms with E-state index in [0.29, 0.717) is 19.0 Å². The van der Waals surface area contributed by atoms with Crippen molar-refractivity contribution in [3.8, 4) is 0 Å². The van der Waals surface area contributed by atoms with E-state index in [1.54, 1.807) is 0 Å². The molecule has 2 amide bonds. The van der Waals surface area contributed by atoms with E-state index in [0.717, 1.165) is 38.5 Å². The fourth-order valence-corrected chi connectivity index (χ4v) is 5.77. The average molecular weight is 392 g/mol. The first kappa shape index (κ1) is 20.1. The molecule has 4 aliphatic rings. The van der Waals surface area contributed by atoms with Crippen molar-refractivity contribution in [2.75, 3.05) is 39.3 Å². The lowest BCUT2D eigenvalue weighted by molar-refractivity contribution is -0.143. The van der Waals surface area contributed by atoms with Gasteiger partial charge in [-0.15, -0.1) is 0 Å². The van der Waals surface area contributed by atoms with Gasteiger partial charge in [-0.2, -0.15) is 0 Å². The molecule has 3 aliphatic heterocycles. The minimum atomic E-state index is -0.0840. The third kappa shape index (κ3) is 4.36. The molecule has 3 saturated heterocycles. The summed E-state index contributed by atoms with van der Waals surface area (Å²) < 4.78 is 0. The normalized spacial score (nSPS) is 38.3. The molecule has 3 N–H and O–H groups in total. The number of piperazine rings is 1. The molecule has 5 unspecified atom stereocenters. The standard InChI is InChI=1S/C21H37N5O2/c1-15-6-2-3-7-16(15)13-26-11-10-25(14-19(26)27)18-12-23-24-21(28)20(18)17-8-4-5-9-22-17/h15-18,20,22-23H,2-14H2,1H3,(H,24,28). The van der Waals surface area contributed by atoms with Crippen LogP contribution in [0.25, 0.3) is 0 Å². The van der Waals surface area contributed by atoms with E-state index >= 15 is 0 Å². The fraction of sp³-hybridized carbons (Fsp3) is 0.905. The topological polar surface area (TPSA) is 76.7 Å². The first-order chi connectivity index (χ1) is 13.6. The molecule has 5 atom stereocenters. The lowest BCUT2D eigenvalue weighted by atomic mass is 9.80. The van der Waals surface area contributed by atoms with Gasteiger partial charge in [0.05, 0.1) is 12.5 Å². The minimum Gasteiger partial charge on any atom is -0.340 e. The Bertz CT molecular complexity index is 565. The predicted octanol–water partition coefficient (Wildman–Crippen LogP) is 0.718. The summed E-state index contributed by atoms with van der Waals surface area (Å²) >= 11 is 0. The highest BCUT2D eigenvalue weighted by Gasteiger charge is 2.43. The summed E-state index contributed by atoms with van der Waals surface area (Å²) in [7, 11) is 0. The second kappa shape index (κ2) is 9.09. The molecule has 4 fully saturated rings. The summed E-state index contributed by atoms with van der Waals surface area (Å²) in [5.41, 5.74) is 5.88.